The Balaban J connectivity index is 2.14. The van der Waals surface area contributed by atoms with Crippen molar-refractivity contribution in [1.29, 1.82) is 0 Å². The first-order chi connectivity index (χ1) is 9.28. The first-order valence-electron chi connectivity index (χ1n) is 6.60. The molecule has 0 fully saturated rings. The molecule has 0 aliphatic heterocycles. The van der Waals surface area contributed by atoms with Crippen molar-refractivity contribution in [3.63, 3.8) is 0 Å². The number of nitrogens with two attached hydrogens (primary N) is 1. The maximum atomic E-state index is 11.0. The highest BCUT2D eigenvalue weighted by molar-refractivity contribution is 5.78. The predicted molar refractivity (Wildman–Crippen MR) is 78.0 cm³/mol. The number of nitrogens with zero attached hydrogens (tertiary/aromatic N) is 3. The SMILES string of the molecule is Cc1nn(C)c2ncc(CNC(C)(C)CC(N)=O)cc12. The van der Waals surface area contributed by atoms with Gasteiger partial charge in [-0.2, -0.15) is 5.10 Å². The topological polar surface area (TPSA) is 85.8 Å². The minimum Gasteiger partial charge on any atom is -0.370 e. The fourth-order valence-electron chi connectivity index (χ4n) is 2.29. The van der Waals surface area contributed by atoms with Gasteiger partial charge in [0.05, 0.1) is 5.69 Å². The minimum absolute atomic E-state index is 0.300. The summed E-state index contributed by atoms with van der Waals surface area (Å²) >= 11 is 0. The molecule has 6 nitrogen and oxygen atoms in total. The van der Waals surface area contributed by atoms with Crippen molar-refractivity contribution in [2.45, 2.75) is 39.3 Å². The number of aromatic nitrogens is 3. The highest BCUT2D eigenvalue weighted by Crippen LogP contribution is 2.17. The predicted octanol–water partition coefficient (Wildman–Crippen LogP) is 1.02. The summed E-state index contributed by atoms with van der Waals surface area (Å²) in [6.45, 7) is 6.52. The van der Waals surface area contributed by atoms with Crippen LogP contribution in [0, 0.1) is 6.92 Å². The van der Waals surface area contributed by atoms with E-state index in [1.807, 2.05) is 34.0 Å². The van der Waals surface area contributed by atoms with Crippen molar-refractivity contribution in [2.75, 3.05) is 0 Å². The number of aryl methyl sites for hydroxylation is 2. The van der Waals surface area contributed by atoms with Crippen LogP contribution in [0.4, 0.5) is 0 Å². The standard InChI is InChI=1S/C14H21N5O/c1-9-11-5-10(7-16-13(11)19(4)18-9)8-17-14(2,3)6-12(15)20/h5,7,17H,6,8H2,1-4H3,(H2,15,20). The average molecular weight is 275 g/mol. The van der Waals surface area contributed by atoms with Crippen LogP contribution in [0.5, 0.6) is 0 Å². The van der Waals surface area contributed by atoms with Gasteiger partial charge in [0, 0.05) is 37.1 Å². The molecule has 0 unspecified atom stereocenters. The number of carbonyl (C=O) groups is 1. The molecular formula is C14H21N5O. The molecule has 2 aromatic heterocycles. The monoisotopic (exact) mass is 275 g/mol. The van der Waals surface area contributed by atoms with E-state index in [4.69, 9.17) is 5.73 Å². The summed E-state index contributed by atoms with van der Waals surface area (Å²) in [6, 6.07) is 2.08. The Hall–Kier alpha value is -1.95. The van der Waals surface area contributed by atoms with Gasteiger partial charge in [-0.1, -0.05) is 0 Å². The van der Waals surface area contributed by atoms with Crippen LogP contribution in [0.15, 0.2) is 12.3 Å². The van der Waals surface area contributed by atoms with E-state index in [9.17, 15) is 4.79 Å². The van der Waals surface area contributed by atoms with E-state index in [1.54, 1.807) is 4.68 Å². The Morgan fingerprint density at radius 2 is 2.20 bits per heavy atom. The van der Waals surface area contributed by atoms with E-state index in [2.05, 4.69) is 21.5 Å². The second kappa shape index (κ2) is 5.20. The van der Waals surface area contributed by atoms with E-state index in [1.165, 1.54) is 0 Å². The van der Waals surface area contributed by atoms with Gasteiger partial charge in [-0.25, -0.2) is 4.98 Å². The number of carbonyl (C=O) groups excluding carboxylic acids is 1. The molecule has 20 heavy (non-hydrogen) atoms. The molecule has 0 bridgehead atoms. The lowest BCUT2D eigenvalue weighted by molar-refractivity contribution is -0.119. The summed E-state index contributed by atoms with van der Waals surface area (Å²) in [5.74, 6) is -0.306. The summed E-state index contributed by atoms with van der Waals surface area (Å²) in [4.78, 5) is 15.4. The molecule has 1 amide bonds. The zero-order valence-corrected chi connectivity index (χ0v) is 12.4. The van der Waals surface area contributed by atoms with Gasteiger partial charge < -0.3 is 11.1 Å². The smallest absolute Gasteiger partial charge is 0.219 e. The molecule has 0 atom stereocenters. The Labute approximate surface area is 118 Å². The van der Waals surface area contributed by atoms with Gasteiger partial charge in [-0.05, 0) is 32.4 Å². The molecule has 0 aliphatic rings. The normalized spacial score (nSPS) is 12.0. The third-order valence-electron chi connectivity index (χ3n) is 3.31. The summed E-state index contributed by atoms with van der Waals surface area (Å²) in [5, 5.41) is 8.74. The first kappa shape index (κ1) is 14.5. The lowest BCUT2D eigenvalue weighted by Crippen LogP contribution is -2.42. The maximum absolute atomic E-state index is 11.0. The molecular weight excluding hydrogens is 254 g/mol. The van der Waals surface area contributed by atoms with Gasteiger partial charge in [0.2, 0.25) is 5.91 Å². The average Bonchev–Trinajstić information content (AvgIpc) is 2.61. The van der Waals surface area contributed by atoms with Crippen LogP contribution in [0.3, 0.4) is 0 Å². The molecule has 0 aliphatic carbocycles. The molecule has 2 rings (SSSR count). The number of amides is 1. The second-order valence-electron chi connectivity index (χ2n) is 5.80. The van der Waals surface area contributed by atoms with Gasteiger partial charge in [0.1, 0.15) is 0 Å². The quantitative estimate of drug-likeness (QED) is 0.853. The van der Waals surface area contributed by atoms with Crippen LogP contribution in [0.25, 0.3) is 11.0 Å². The largest absolute Gasteiger partial charge is 0.370 e. The zero-order valence-electron chi connectivity index (χ0n) is 12.4. The van der Waals surface area contributed by atoms with Gasteiger partial charge in [0.15, 0.2) is 5.65 Å². The number of nitrogens with one attached hydrogen (secondary N) is 1. The fourth-order valence-corrected chi connectivity index (χ4v) is 2.29. The lowest BCUT2D eigenvalue weighted by Gasteiger charge is -2.24. The Kier molecular flexibility index (Phi) is 3.76. The minimum atomic E-state index is -0.329. The molecule has 6 heteroatoms. The number of fused-ring (bicyclic) bond motifs is 1. The lowest BCUT2D eigenvalue weighted by atomic mass is 10.00. The van der Waals surface area contributed by atoms with Gasteiger partial charge in [-0.3, -0.25) is 9.48 Å². The van der Waals surface area contributed by atoms with E-state index in [-0.39, 0.29) is 11.4 Å². The van der Waals surface area contributed by atoms with Crippen LogP contribution in [-0.4, -0.2) is 26.2 Å². The van der Waals surface area contributed by atoms with Crippen LogP contribution >= 0.6 is 0 Å². The Bertz CT molecular complexity index is 644. The van der Waals surface area contributed by atoms with Crippen LogP contribution in [0.2, 0.25) is 0 Å². The number of primary amides is 1. The summed E-state index contributed by atoms with van der Waals surface area (Å²) in [5.41, 5.74) is 7.82. The Morgan fingerprint density at radius 3 is 2.85 bits per heavy atom. The highest BCUT2D eigenvalue weighted by atomic mass is 16.1. The fraction of sp³-hybridized carbons (Fsp3) is 0.500. The molecule has 3 N–H and O–H groups in total. The van der Waals surface area contributed by atoms with Gasteiger partial charge in [-0.15, -0.1) is 0 Å². The number of pyridine rings is 1. The summed E-state index contributed by atoms with van der Waals surface area (Å²) in [6.07, 6.45) is 2.13. The van der Waals surface area contributed by atoms with Gasteiger partial charge in [0.25, 0.3) is 0 Å². The van der Waals surface area contributed by atoms with E-state index < -0.39 is 0 Å². The van der Waals surface area contributed by atoms with Crippen molar-refractivity contribution in [3.05, 3.63) is 23.5 Å². The van der Waals surface area contributed by atoms with E-state index in [0.29, 0.717) is 13.0 Å². The van der Waals surface area contributed by atoms with E-state index >= 15 is 0 Å². The molecule has 0 saturated carbocycles. The van der Waals surface area contributed by atoms with Crippen molar-refractivity contribution in [2.24, 2.45) is 12.8 Å². The molecule has 0 radical (unpaired) electrons. The molecule has 0 spiro atoms. The number of rotatable bonds is 5. The first-order valence-corrected chi connectivity index (χ1v) is 6.60. The molecule has 0 aromatic carbocycles. The molecule has 108 valence electrons. The third-order valence-corrected chi connectivity index (χ3v) is 3.31. The highest BCUT2D eigenvalue weighted by Gasteiger charge is 2.19. The number of hydrogen-bond donors (Lipinski definition) is 2. The van der Waals surface area contributed by atoms with Crippen LogP contribution < -0.4 is 11.1 Å². The summed E-state index contributed by atoms with van der Waals surface area (Å²) < 4.78 is 1.78. The van der Waals surface area contributed by atoms with Crippen molar-refractivity contribution in [3.8, 4) is 0 Å². The molecule has 2 aromatic rings. The Morgan fingerprint density at radius 1 is 1.50 bits per heavy atom. The van der Waals surface area contributed by atoms with Gasteiger partial charge >= 0.3 is 0 Å². The third kappa shape index (κ3) is 3.14. The van der Waals surface area contributed by atoms with Crippen LogP contribution in [-0.2, 0) is 18.4 Å². The van der Waals surface area contributed by atoms with Crippen molar-refractivity contribution in [1.82, 2.24) is 20.1 Å². The second-order valence-corrected chi connectivity index (χ2v) is 5.80. The molecule has 0 saturated heterocycles. The van der Waals surface area contributed by atoms with Crippen molar-refractivity contribution >= 4 is 16.9 Å². The van der Waals surface area contributed by atoms with Crippen molar-refractivity contribution < 1.29 is 4.79 Å². The molecule has 2 heterocycles. The maximum Gasteiger partial charge on any atom is 0.219 e. The number of hydrogen-bond acceptors (Lipinski definition) is 4. The van der Waals surface area contributed by atoms with E-state index in [0.717, 1.165) is 22.3 Å². The summed E-state index contributed by atoms with van der Waals surface area (Å²) in [7, 11) is 1.89. The zero-order chi connectivity index (χ0) is 14.9. The van der Waals surface area contributed by atoms with Crippen LogP contribution in [0.1, 0.15) is 31.5 Å².